The largest absolute Gasteiger partial charge is 0.457 e. The van der Waals surface area contributed by atoms with Crippen molar-refractivity contribution in [2.75, 3.05) is 0 Å². The lowest BCUT2D eigenvalue weighted by Crippen LogP contribution is -2.42. The zero-order valence-electron chi connectivity index (χ0n) is 15.1. The molecule has 1 fully saturated rings. The topological polar surface area (TPSA) is 55.3 Å². The van der Waals surface area contributed by atoms with E-state index in [2.05, 4.69) is 9.97 Å². The first-order valence-electron chi connectivity index (χ1n) is 9.34. The summed E-state index contributed by atoms with van der Waals surface area (Å²) in [7, 11) is 0. The Kier molecular flexibility index (Phi) is 4.04. The first kappa shape index (κ1) is 16.9. The number of hydrogen-bond donors (Lipinski definition) is 0. The summed E-state index contributed by atoms with van der Waals surface area (Å²) in [6, 6.07) is 13.1. The number of rotatable bonds is 3. The molecule has 2 aliphatic heterocycles. The molecule has 1 aromatic heterocycles. The van der Waals surface area contributed by atoms with E-state index in [1.165, 1.54) is 12.1 Å². The molecule has 5 nitrogen and oxygen atoms in total. The molecule has 0 N–H and O–H groups in total. The molecule has 3 heterocycles. The molecule has 0 aliphatic carbocycles. The molecule has 2 unspecified atom stereocenters. The first-order chi connectivity index (χ1) is 13.7. The van der Waals surface area contributed by atoms with Crippen molar-refractivity contribution in [1.82, 2.24) is 14.9 Å². The molecule has 2 aliphatic rings. The first-order valence-corrected chi connectivity index (χ1v) is 9.34. The van der Waals surface area contributed by atoms with E-state index in [0.717, 1.165) is 30.5 Å². The number of aromatic nitrogens is 2. The predicted molar refractivity (Wildman–Crippen MR) is 101 cm³/mol. The van der Waals surface area contributed by atoms with E-state index in [1.54, 1.807) is 42.7 Å². The number of carbonyl (C=O) groups is 1. The molecule has 140 valence electrons. The maximum atomic E-state index is 13.3. The minimum atomic E-state index is -0.318. The van der Waals surface area contributed by atoms with Crippen molar-refractivity contribution in [2.45, 2.75) is 31.3 Å². The molecule has 5 rings (SSSR count). The Hall–Kier alpha value is -3.28. The van der Waals surface area contributed by atoms with Gasteiger partial charge >= 0.3 is 0 Å². The zero-order chi connectivity index (χ0) is 19.1. The number of amides is 1. The lowest BCUT2D eigenvalue weighted by Gasteiger charge is -2.35. The molecule has 6 heteroatoms. The van der Waals surface area contributed by atoms with Crippen molar-refractivity contribution in [1.29, 1.82) is 0 Å². The van der Waals surface area contributed by atoms with Gasteiger partial charge in [-0.15, -0.1) is 0 Å². The average molecular weight is 375 g/mol. The van der Waals surface area contributed by atoms with Crippen molar-refractivity contribution in [3.63, 3.8) is 0 Å². The smallest absolute Gasteiger partial charge is 0.254 e. The number of hydrogen-bond acceptors (Lipinski definition) is 4. The van der Waals surface area contributed by atoms with E-state index in [4.69, 9.17) is 4.74 Å². The molecule has 0 saturated carbocycles. The summed E-state index contributed by atoms with van der Waals surface area (Å²) in [6.45, 7) is 0. The number of ether oxygens (including phenoxy) is 1. The highest BCUT2D eigenvalue weighted by Crippen LogP contribution is 2.43. The van der Waals surface area contributed by atoms with Crippen molar-refractivity contribution >= 4 is 5.91 Å². The van der Waals surface area contributed by atoms with Gasteiger partial charge in [0.15, 0.2) is 0 Å². The monoisotopic (exact) mass is 375 g/mol. The van der Waals surface area contributed by atoms with Gasteiger partial charge < -0.3 is 9.64 Å². The number of nitrogens with zero attached hydrogens (tertiary/aromatic N) is 3. The van der Waals surface area contributed by atoms with Gasteiger partial charge in [0.25, 0.3) is 5.91 Å². The summed E-state index contributed by atoms with van der Waals surface area (Å²) in [5, 5.41) is 0. The van der Waals surface area contributed by atoms with Crippen LogP contribution in [0.5, 0.6) is 11.5 Å². The quantitative estimate of drug-likeness (QED) is 0.685. The normalized spacial score (nSPS) is 20.0. The van der Waals surface area contributed by atoms with Gasteiger partial charge in [-0.2, -0.15) is 0 Å². The minimum absolute atomic E-state index is 0.00782. The van der Waals surface area contributed by atoms with Crippen LogP contribution in [-0.2, 0) is 6.42 Å². The molecule has 3 aromatic rings. The van der Waals surface area contributed by atoms with Gasteiger partial charge in [-0.1, -0.05) is 6.07 Å². The van der Waals surface area contributed by atoms with Crippen molar-refractivity contribution in [3.8, 4) is 11.5 Å². The van der Waals surface area contributed by atoms with E-state index >= 15 is 0 Å². The number of fused-ring (bicyclic) bond motifs is 4. The molecular formula is C22H18FN3O2. The highest BCUT2D eigenvalue weighted by Gasteiger charge is 2.43. The molecule has 28 heavy (non-hydrogen) atoms. The van der Waals surface area contributed by atoms with Crippen LogP contribution in [0, 0.1) is 5.82 Å². The second kappa shape index (κ2) is 6.71. The van der Waals surface area contributed by atoms with Crippen LogP contribution in [0.4, 0.5) is 4.39 Å². The molecule has 1 saturated heterocycles. The summed E-state index contributed by atoms with van der Waals surface area (Å²) in [6.07, 6.45) is 6.09. The lowest BCUT2D eigenvalue weighted by molar-refractivity contribution is 0.0643. The van der Waals surface area contributed by atoms with Crippen molar-refractivity contribution in [2.24, 2.45) is 0 Å². The summed E-state index contributed by atoms with van der Waals surface area (Å²) in [5.41, 5.74) is 2.69. The summed E-state index contributed by atoms with van der Waals surface area (Å²) < 4.78 is 18.9. The SMILES string of the molecule is O=C(c1cccc(Oc2ccc(F)cc2)c1)N1C2CCC1c1cncnc1C2. The van der Waals surface area contributed by atoms with E-state index in [-0.39, 0.29) is 23.8 Å². The van der Waals surface area contributed by atoms with Gasteiger partial charge in [0.05, 0.1) is 11.7 Å². The lowest BCUT2D eigenvalue weighted by atomic mass is 9.98. The molecule has 1 amide bonds. The van der Waals surface area contributed by atoms with Crippen LogP contribution >= 0.6 is 0 Å². The standard InChI is InChI=1S/C22H18FN3O2/c23-15-4-7-17(8-5-15)28-18-3-1-2-14(10-18)22(27)26-16-6-9-21(26)19-12-24-13-25-20(19)11-16/h1-5,7-8,10,12-13,16,21H,6,9,11H2. The highest BCUT2D eigenvalue weighted by molar-refractivity contribution is 5.95. The highest BCUT2D eigenvalue weighted by atomic mass is 19.1. The fourth-order valence-corrected chi connectivity index (χ4v) is 4.21. The van der Waals surface area contributed by atoms with Crippen LogP contribution in [0.15, 0.2) is 61.1 Å². The van der Waals surface area contributed by atoms with Gasteiger partial charge in [-0.3, -0.25) is 4.79 Å². The molecule has 0 radical (unpaired) electrons. The Bertz CT molecular complexity index is 1040. The summed E-state index contributed by atoms with van der Waals surface area (Å²) in [5.74, 6) is 0.744. The third kappa shape index (κ3) is 2.91. The molecule has 2 bridgehead atoms. The number of benzene rings is 2. The van der Waals surface area contributed by atoms with Gasteiger partial charge in [-0.25, -0.2) is 14.4 Å². The average Bonchev–Trinajstić information content (AvgIpc) is 3.04. The summed E-state index contributed by atoms with van der Waals surface area (Å²) in [4.78, 5) is 23.8. The van der Waals surface area contributed by atoms with Crippen molar-refractivity contribution < 1.29 is 13.9 Å². The second-order valence-corrected chi connectivity index (χ2v) is 7.17. The number of halogens is 1. The number of carbonyl (C=O) groups excluding carboxylic acids is 1. The van der Waals surface area contributed by atoms with Gasteiger partial charge in [-0.05, 0) is 55.3 Å². The Balaban J connectivity index is 1.41. The van der Waals surface area contributed by atoms with Crippen LogP contribution < -0.4 is 4.74 Å². The van der Waals surface area contributed by atoms with Crippen LogP contribution in [0.2, 0.25) is 0 Å². The van der Waals surface area contributed by atoms with Crippen LogP contribution in [0.1, 0.15) is 40.5 Å². The second-order valence-electron chi connectivity index (χ2n) is 7.17. The summed E-state index contributed by atoms with van der Waals surface area (Å²) >= 11 is 0. The van der Waals surface area contributed by atoms with Crippen LogP contribution in [0.3, 0.4) is 0 Å². The maximum Gasteiger partial charge on any atom is 0.254 e. The fraction of sp³-hybridized carbons (Fsp3) is 0.227. The van der Waals surface area contributed by atoms with E-state index in [9.17, 15) is 9.18 Å². The van der Waals surface area contributed by atoms with Crippen molar-refractivity contribution in [3.05, 3.63) is 83.7 Å². The molecule has 2 atom stereocenters. The predicted octanol–water partition coefficient (Wildman–Crippen LogP) is 4.31. The maximum absolute atomic E-state index is 13.3. The third-order valence-corrected chi connectivity index (χ3v) is 5.48. The van der Waals surface area contributed by atoms with E-state index in [1.807, 2.05) is 11.1 Å². The van der Waals surface area contributed by atoms with Crippen LogP contribution in [-0.4, -0.2) is 26.8 Å². The Labute approximate surface area is 161 Å². The Morgan fingerprint density at radius 1 is 1.11 bits per heavy atom. The van der Waals surface area contributed by atoms with Crippen LogP contribution in [0.25, 0.3) is 0 Å². The molecule has 0 spiro atoms. The molecule has 2 aromatic carbocycles. The van der Waals surface area contributed by atoms with Gasteiger partial charge in [0, 0.05) is 29.8 Å². The van der Waals surface area contributed by atoms with Gasteiger partial charge in [0.2, 0.25) is 0 Å². The van der Waals surface area contributed by atoms with E-state index in [0.29, 0.717) is 17.1 Å². The minimum Gasteiger partial charge on any atom is -0.457 e. The zero-order valence-corrected chi connectivity index (χ0v) is 15.1. The third-order valence-electron chi connectivity index (χ3n) is 5.48. The van der Waals surface area contributed by atoms with Gasteiger partial charge in [0.1, 0.15) is 23.6 Å². The molecular weight excluding hydrogens is 357 g/mol. The van der Waals surface area contributed by atoms with E-state index < -0.39 is 0 Å². The Morgan fingerprint density at radius 2 is 1.96 bits per heavy atom. The Morgan fingerprint density at radius 3 is 2.82 bits per heavy atom. The fourth-order valence-electron chi connectivity index (χ4n) is 4.21.